The number of rotatable bonds is 2. The van der Waals surface area contributed by atoms with Gasteiger partial charge in [-0.25, -0.2) is 4.68 Å². The molecule has 1 aromatic heterocycles. The number of aryl methyl sites for hydroxylation is 2. The minimum atomic E-state index is 0.255. The molecular formula is C21H29N5O. The highest BCUT2D eigenvalue weighted by atomic mass is 16.5. The second-order valence-electron chi connectivity index (χ2n) is 8.43. The van der Waals surface area contributed by atoms with Gasteiger partial charge >= 0.3 is 0 Å². The number of anilines is 1. The number of fused-ring (bicyclic) bond motifs is 3. The Morgan fingerprint density at radius 2 is 1.78 bits per heavy atom. The van der Waals surface area contributed by atoms with E-state index >= 15 is 0 Å². The fourth-order valence-corrected chi connectivity index (χ4v) is 5.17. The van der Waals surface area contributed by atoms with E-state index in [1.165, 1.54) is 29.7 Å². The highest BCUT2D eigenvalue weighted by Gasteiger charge is 2.38. The van der Waals surface area contributed by atoms with E-state index in [-0.39, 0.29) is 6.10 Å². The monoisotopic (exact) mass is 367 g/mol. The van der Waals surface area contributed by atoms with Gasteiger partial charge in [0.15, 0.2) is 0 Å². The van der Waals surface area contributed by atoms with Crippen LogP contribution >= 0.6 is 0 Å². The number of benzene rings is 1. The lowest BCUT2D eigenvalue weighted by atomic mass is 9.95. The first-order valence-electron chi connectivity index (χ1n) is 10.3. The highest BCUT2D eigenvalue weighted by Crippen LogP contribution is 2.33. The molecule has 0 aliphatic carbocycles. The molecule has 3 aliphatic heterocycles. The zero-order valence-corrected chi connectivity index (χ0v) is 16.3. The van der Waals surface area contributed by atoms with Crippen molar-refractivity contribution >= 4 is 5.69 Å². The zero-order chi connectivity index (χ0) is 18.4. The molecule has 0 unspecified atom stereocenters. The molecule has 0 spiro atoms. The van der Waals surface area contributed by atoms with Gasteiger partial charge in [0.2, 0.25) is 0 Å². The summed E-state index contributed by atoms with van der Waals surface area (Å²) < 4.78 is 8.26. The molecule has 2 fully saturated rings. The maximum Gasteiger partial charge on any atom is 0.0932 e. The number of likely N-dealkylation sites (tertiary alicyclic amines) is 1. The minimum absolute atomic E-state index is 0.255. The topological polar surface area (TPSA) is 46.4 Å². The third kappa shape index (κ3) is 3.25. The van der Waals surface area contributed by atoms with E-state index < -0.39 is 0 Å². The van der Waals surface area contributed by atoms with Gasteiger partial charge in [0.25, 0.3) is 0 Å². The van der Waals surface area contributed by atoms with E-state index in [2.05, 4.69) is 56.8 Å². The van der Waals surface area contributed by atoms with Crippen molar-refractivity contribution in [1.29, 1.82) is 0 Å². The first-order valence-corrected chi connectivity index (χ1v) is 10.3. The maximum absolute atomic E-state index is 6.15. The van der Waals surface area contributed by atoms with Crippen LogP contribution in [0.3, 0.4) is 0 Å². The number of aromatic nitrogens is 3. The molecule has 2 atom stereocenters. The predicted octanol–water partition coefficient (Wildman–Crippen LogP) is 2.71. The summed E-state index contributed by atoms with van der Waals surface area (Å²) in [6.07, 6.45) is 5.67. The average Bonchev–Trinajstić information content (AvgIpc) is 3.16. The second-order valence-corrected chi connectivity index (χ2v) is 8.43. The summed E-state index contributed by atoms with van der Waals surface area (Å²) in [4.78, 5) is 5.23. The zero-order valence-electron chi connectivity index (χ0n) is 16.3. The van der Waals surface area contributed by atoms with Gasteiger partial charge in [-0.15, -0.1) is 5.10 Å². The van der Waals surface area contributed by atoms with Crippen LogP contribution in [-0.4, -0.2) is 58.2 Å². The minimum Gasteiger partial charge on any atom is -0.371 e. The van der Waals surface area contributed by atoms with E-state index in [1.54, 1.807) is 0 Å². The molecule has 5 rings (SSSR count). The summed E-state index contributed by atoms with van der Waals surface area (Å²) in [5, 5.41) is 8.36. The molecule has 1 aromatic carbocycles. The van der Waals surface area contributed by atoms with Gasteiger partial charge in [-0.05, 0) is 56.4 Å². The summed E-state index contributed by atoms with van der Waals surface area (Å²) in [6, 6.07) is 7.94. The SMILES string of the molecule is Cc1cc(C)cc(N2CCC(N3CC[C@H]4[C@H](C3)OCc3cnnn34)CC2)c1. The Labute approximate surface area is 161 Å². The van der Waals surface area contributed by atoms with Gasteiger partial charge < -0.3 is 9.64 Å². The van der Waals surface area contributed by atoms with Gasteiger partial charge in [0.05, 0.1) is 30.6 Å². The first-order chi connectivity index (χ1) is 13.2. The quantitative estimate of drug-likeness (QED) is 0.817. The lowest BCUT2D eigenvalue weighted by Gasteiger charge is -2.46. The van der Waals surface area contributed by atoms with Crippen molar-refractivity contribution in [1.82, 2.24) is 19.9 Å². The number of hydrogen-bond acceptors (Lipinski definition) is 5. The van der Waals surface area contributed by atoms with Crippen LogP contribution in [0.2, 0.25) is 0 Å². The third-order valence-corrected chi connectivity index (χ3v) is 6.52. The normalized spacial score (nSPS) is 26.7. The molecule has 0 amide bonds. The van der Waals surface area contributed by atoms with Crippen molar-refractivity contribution < 1.29 is 4.74 Å². The van der Waals surface area contributed by atoms with Crippen LogP contribution in [0, 0.1) is 13.8 Å². The maximum atomic E-state index is 6.15. The molecule has 6 nitrogen and oxygen atoms in total. The predicted molar refractivity (Wildman–Crippen MR) is 105 cm³/mol. The number of nitrogens with zero attached hydrogens (tertiary/aromatic N) is 5. The largest absolute Gasteiger partial charge is 0.371 e. The molecule has 27 heavy (non-hydrogen) atoms. The van der Waals surface area contributed by atoms with Gasteiger partial charge in [-0.3, -0.25) is 4.90 Å². The molecule has 0 bridgehead atoms. The number of ether oxygens (including phenoxy) is 1. The van der Waals surface area contributed by atoms with Crippen LogP contribution < -0.4 is 4.90 Å². The molecule has 2 aromatic rings. The summed E-state index contributed by atoms with van der Waals surface area (Å²) >= 11 is 0. The molecule has 3 aliphatic rings. The highest BCUT2D eigenvalue weighted by molar-refractivity contribution is 5.51. The van der Waals surface area contributed by atoms with Crippen LogP contribution in [0.1, 0.15) is 42.1 Å². The van der Waals surface area contributed by atoms with Gasteiger partial charge in [0.1, 0.15) is 0 Å². The summed E-state index contributed by atoms with van der Waals surface area (Å²) in [6.45, 7) is 9.48. The average molecular weight is 367 g/mol. The van der Waals surface area contributed by atoms with Gasteiger partial charge in [0, 0.05) is 37.9 Å². The Morgan fingerprint density at radius 1 is 1.00 bits per heavy atom. The fourth-order valence-electron chi connectivity index (χ4n) is 5.17. The van der Waals surface area contributed by atoms with E-state index in [9.17, 15) is 0 Å². The first kappa shape index (κ1) is 17.2. The van der Waals surface area contributed by atoms with Crippen molar-refractivity contribution in [2.24, 2.45) is 0 Å². The van der Waals surface area contributed by atoms with Crippen LogP contribution in [0.4, 0.5) is 5.69 Å². The van der Waals surface area contributed by atoms with Crippen molar-refractivity contribution in [3.63, 3.8) is 0 Å². The lowest BCUT2D eigenvalue weighted by molar-refractivity contribution is -0.0785. The van der Waals surface area contributed by atoms with E-state index in [4.69, 9.17) is 4.74 Å². The fraction of sp³-hybridized carbons (Fsp3) is 0.619. The van der Waals surface area contributed by atoms with Crippen LogP contribution in [-0.2, 0) is 11.3 Å². The Hall–Kier alpha value is -1.92. The van der Waals surface area contributed by atoms with Crippen molar-refractivity contribution in [3.05, 3.63) is 41.2 Å². The van der Waals surface area contributed by atoms with Crippen LogP contribution in [0.25, 0.3) is 0 Å². The van der Waals surface area contributed by atoms with Crippen molar-refractivity contribution in [3.8, 4) is 0 Å². The molecule has 4 heterocycles. The van der Waals surface area contributed by atoms with Crippen molar-refractivity contribution in [2.45, 2.75) is 57.9 Å². The van der Waals surface area contributed by atoms with Crippen LogP contribution in [0.5, 0.6) is 0 Å². The molecule has 2 saturated heterocycles. The van der Waals surface area contributed by atoms with Crippen LogP contribution in [0.15, 0.2) is 24.4 Å². The molecule has 0 saturated carbocycles. The van der Waals surface area contributed by atoms with E-state index in [1.807, 2.05) is 6.20 Å². The lowest BCUT2D eigenvalue weighted by Crippen LogP contribution is -2.54. The summed E-state index contributed by atoms with van der Waals surface area (Å²) in [7, 11) is 0. The molecule has 0 radical (unpaired) electrons. The number of hydrogen-bond donors (Lipinski definition) is 0. The smallest absolute Gasteiger partial charge is 0.0932 e. The molecular weight excluding hydrogens is 338 g/mol. The third-order valence-electron chi connectivity index (χ3n) is 6.52. The van der Waals surface area contributed by atoms with Gasteiger partial charge in [-0.2, -0.15) is 0 Å². The Kier molecular flexibility index (Phi) is 4.40. The number of piperidine rings is 2. The van der Waals surface area contributed by atoms with Gasteiger partial charge in [-0.1, -0.05) is 11.3 Å². The second kappa shape index (κ2) is 6.91. The van der Waals surface area contributed by atoms with Crippen molar-refractivity contribution in [2.75, 3.05) is 31.1 Å². The Balaban J connectivity index is 1.21. The Morgan fingerprint density at radius 3 is 2.56 bits per heavy atom. The molecule has 144 valence electrons. The summed E-state index contributed by atoms with van der Waals surface area (Å²) in [5.41, 5.74) is 5.22. The summed E-state index contributed by atoms with van der Waals surface area (Å²) in [5.74, 6) is 0. The standard InChI is InChI=1S/C21H29N5O/c1-15-9-16(2)11-18(10-15)24-6-3-17(4-7-24)25-8-5-20-21(13-25)27-14-19-12-22-23-26(19)20/h9-12,17,20-21H,3-8,13-14H2,1-2H3/t20-,21-/m0/s1. The van der Waals surface area contributed by atoms with E-state index in [0.29, 0.717) is 18.7 Å². The Bertz CT molecular complexity index is 790. The molecule has 0 N–H and O–H groups in total. The van der Waals surface area contributed by atoms with E-state index in [0.717, 1.165) is 38.3 Å². The molecule has 6 heteroatoms.